The average molecular weight is 904 g/mol. The molecular weight excluding hydrogens is 835 g/mol. The van der Waals surface area contributed by atoms with Crippen LogP contribution in [0.15, 0.2) is 0 Å². The van der Waals surface area contributed by atoms with E-state index in [2.05, 4.69) is 152 Å². The van der Waals surface area contributed by atoms with Gasteiger partial charge >= 0.3 is 265 Å². The Morgan fingerprint density at radius 3 is 0.441 bits per heavy atom. The van der Waals surface area contributed by atoms with Crippen LogP contribution in [0.4, 0.5) is 0 Å². The Balaban J connectivity index is -0.000000177. The molecule has 0 saturated carbocycles. The van der Waals surface area contributed by atoms with E-state index in [1.165, 1.54) is 4.44 Å². The van der Waals surface area contributed by atoms with E-state index >= 15 is 0 Å². The molecule has 0 spiro atoms. The fourth-order valence-corrected chi connectivity index (χ4v) is 26.2. The molecule has 0 unspecified atom stereocenters. The van der Waals surface area contributed by atoms with Crippen molar-refractivity contribution in [3.8, 4) is 0 Å². The van der Waals surface area contributed by atoms with Gasteiger partial charge in [-0.05, 0) is 0 Å². The normalized spacial score (nSPS) is 13.6. The molecule has 0 aliphatic rings. The van der Waals surface area contributed by atoms with Crippen molar-refractivity contribution in [2.24, 2.45) is 0 Å². The van der Waals surface area contributed by atoms with E-state index in [9.17, 15) is 0 Å². The summed E-state index contributed by atoms with van der Waals surface area (Å²) in [6.07, 6.45) is 0. The molecule has 0 bridgehead atoms. The van der Waals surface area contributed by atoms with E-state index < -0.39 is 0 Å². The first-order chi connectivity index (χ1) is 14.2. The number of hydrogen-bond donors (Lipinski definition) is 0. The average Bonchev–Trinajstić information content (AvgIpc) is 2.23. The van der Waals surface area contributed by atoms with Crippen LogP contribution >= 0.6 is 0 Å². The van der Waals surface area contributed by atoms with Crippen molar-refractivity contribution in [1.82, 2.24) is 0 Å². The minimum atomic E-state index is -0.182. The van der Waals surface area contributed by atoms with Crippen molar-refractivity contribution in [2.75, 3.05) is 0 Å². The van der Waals surface area contributed by atoms with Gasteiger partial charge in [0.25, 0.3) is 0 Å². The zero-order chi connectivity index (χ0) is 29.0. The first-order valence-electron chi connectivity index (χ1n) is 13.3. The molecule has 0 N–H and O–H groups in total. The SMILES string of the molecule is C[CH2][Sn][C](C)(C)C.C[C](C)(C)[Sn][C](C)(C)C.C[C](C)(C)[Sn][C](C)(C)C.C[C](C)(C)[Sn][C](C)(C)C. The summed E-state index contributed by atoms with van der Waals surface area (Å²) in [5.74, 6) is 0. The van der Waals surface area contributed by atoms with E-state index in [0.717, 1.165) is 3.43 Å². The van der Waals surface area contributed by atoms with Crippen molar-refractivity contribution >= 4 is 84.6 Å². The minimum absolute atomic E-state index is 0.0181. The Morgan fingerprint density at radius 1 is 0.294 bits per heavy atom. The van der Waals surface area contributed by atoms with Crippen LogP contribution in [0.5, 0.6) is 0 Å². The Bertz CT molecular complexity index is 376. The summed E-state index contributed by atoms with van der Waals surface area (Å²) < 4.78 is 6.13. The molecule has 0 nitrogen and oxygen atoms in total. The number of rotatable bonds is 1. The van der Waals surface area contributed by atoms with Gasteiger partial charge in [-0.15, -0.1) is 0 Å². The maximum absolute atomic E-state index is 2.37. The van der Waals surface area contributed by atoms with E-state index in [1.54, 1.807) is 0 Å². The molecule has 0 fully saturated rings. The Morgan fingerprint density at radius 2 is 0.441 bits per heavy atom. The molecule has 0 aliphatic heterocycles. The Hall–Kier alpha value is 3.19. The second kappa shape index (κ2) is 17.8. The summed E-state index contributed by atoms with van der Waals surface area (Å²) in [5.41, 5.74) is 0. The molecule has 0 atom stereocenters. The van der Waals surface area contributed by atoms with Crippen molar-refractivity contribution in [1.29, 1.82) is 0 Å². The van der Waals surface area contributed by atoms with Gasteiger partial charge in [0, 0.05) is 0 Å². The van der Waals surface area contributed by atoms with Gasteiger partial charge in [0.05, 0.1) is 0 Å². The Kier molecular flexibility index (Phi) is 23.1. The van der Waals surface area contributed by atoms with Crippen LogP contribution in [-0.4, -0.2) is 84.6 Å². The molecule has 0 aliphatic carbocycles. The van der Waals surface area contributed by atoms with Gasteiger partial charge in [-0.2, -0.15) is 0 Å². The molecule has 0 aromatic heterocycles. The summed E-state index contributed by atoms with van der Waals surface area (Å²) in [4.78, 5) is 0. The summed E-state index contributed by atoms with van der Waals surface area (Å²) >= 11 is -0.527. The van der Waals surface area contributed by atoms with Gasteiger partial charge in [0.1, 0.15) is 0 Å². The van der Waals surface area contributed by atoms with Gasteiger partial charge in [-0.25, -0.2) is 0 Å². The quantitative estimate of drug-likeness (QED) is 0.230. The fourth-order valence-electron chi connectivity index (χ4n) is 3.91. The molecule has 0 amide bonds. The second-order valence-corrected chi connectivity index (χ2v) is 51.8. The number of hydrogen-bond acceptors (Lipinski definition) is 0. The predicted octanol–water partition coefficient (Wildman–Crippen LogP) is 11.7. The van der Waals surface area contributed by atoms with Crippen molar-refractivity contribution in [3.05, 3.63) is 0 Å². The first kappa shape index (κ1) is 44.2. The van der Waals surface area contributed by atoms with Crippen LogP contribution in [0.1, 0.15) is 152 Å². The zero-order valence-electron chi connectivity index (χ0n) is 28.2. The monoisotopic (exact) mass is 908 g/mol. The summed E-state index contributed by atoms with van der Waals surface area (Å²) in [5, 5.41) is 0. The first-order valence-corrected chi connectivity index (χ1v) is 25.3. The predicted molar refractivity (Wildman–Crippen MR) is 172 cm³/mol. The van der Waals surface area contributed by atoms with Crippen LogP contribution < -0.4 is 0 Å². The molecule has 0 saturated heterocycles. The summed E-state index contributed by atoms with van der Waals surface area (Å²) in [6, 6.07) is 0. The van der Waals surface area contributed by atoms with Crippen LogP contribution in [-0.2, 0) is 0 Å². The molecule has 0 rings (SSSR count). The molecule has 204 valence electrons. The molecule has 34 heavy (non-hydrogen) atoms. The van der Waals surface area contributed by atoms with Gasteiger partial charge in [-0.1, -0.05) is 0 Å². The summed E-state index contributed by atoms with van der Waals surface area (Å²) in [6.45, 7) is 51.9. The zero-order valence-corrected chi connectivity index (χ0v) is 39.6. The molecule has 0 aromatic carbocycles. The van der Waals surface area contributed by atoms with Crippen LogP contribution in [0.25, 0.3) is 0 Å². The maximum atomic E-state index is 2.37. The third kappa shape index (κ3) is 64.8. The molecular formula is C30H68Sn4. The van der Waals surface area contributed by atoms with Crippen molar-refractivity contribution in [2.45, 2.75) is 181 Å². The van der Waals surface area contributed by atoms with Gasteiger partial charge < -0.3 is 0 Å². The van der Waals surface area contributed by atoms with E-state index in [1.807, 2.05) is 0 Å². The second-order valence-electron chi connectivity index (χ2n) is 16.7. The third-order valence-electron chi connectivity index (χ3n) is 2.96. The van der Waals surface area contributed by atoms with Crippen molar-refractivity contribution < 1.29 is 0 Å². The molecule has 8 radical (unpaired) electrons. The van der Waals surface area contributed by atoms with Crippen LogP contribution in [0.2, 0.25) is 28.5 Å². The summed E-state index contributed by atoms with van der Waals surface area (Å²) in [7, 11) is 0. The fraction of sp³-hybridized carbons (Fsp3) is 1.00. The van der Waals surface area contributed by atoms with Gasteiger partial charge in [0.2, 0.25) is 0 Å². The topological polar surface area (TPSA) is 0 Å². The third-order valence-corrected chi connectivity index (χ3v) is 19.8. The van der Waals surface area contributed by atoms with Crippen LogP contribution in [0, 0.1) is 0 Å². The van der Waals surface area contributed by atoms with E-state index in [4.69, 9.17) is 0 Å². The molecule has 0 aromatic rings. The van der Waals surface area contributed by atoms with E-state index in [0.29, 0.717) is 20.6 Å². The Labute approximate surface area is 262 Å². The molecule has 0 heterocycles. The van der Waals surface area contributed by atoms with Gasteiger partial charge in [0.15, 0.2) is 0 Å². The standard InChI is InChI=1S/7C4H9.C2H5.4Sn/c7*1-4(2)3;1-2;;;;/h7*1-3H3;1H2,2H3;;;;. The van der Waals surface area contributed by atoms with E-state index in [-0.39, 0.29) is 84.6 Å². The molecule has 4 heteroatoms. The van der Waals surface area contributed by atoms with Crippen molar-refractivity contribution in [3.63, 3.8) is 0 Å². The van der Waals surface area contributed by atoms with Gasteiger partial charge in [-0.3, -0.25) is 0 Å². The van der Waals surface area contributed by atoms with Crippen LogP contribution in [0.3, 0.4) is 0 Å².